The van der Waals surface area contributed by atoms with E-state index in [2.05, 4.69) is 23.7 Å². The number of halogens is 2. The molecular weight excluding hydrogens is 244 g/mol. The zero-order chi connectivity index (χ0) is 13.7. The highest BCUT2D eigenvalue weighted by Gasteiger charge is 2.18. The summed E-state index contributed by atoms with van der Waals surface area (Å²) in [6.45, 7) is 2.22. The Balaban J connectivity index is 1.92. The summed E-state index contributed by atoms with van der Waals surface area (Å²) >= 11 is 0. The number of aromatic nitrogens is 1. The molecule has 0 bridgehead atoms. The van der Waals surface area contributed by atoms with Gasteiger partial charge in [0.05, 0.1) is 0 Å². The Kier molecular flexibility index (Phi) is 4.90. The molecule has 1 heterocycles. The van der Waals surface area contributed by atoms with Crippen LogP contribution in [-0.2, 0) is 0 Å². The summed E-state index contributed by atoms with van der Waals surface area (Å²) in [5.41, 5.74) is 0.453. The van der Waals surface area contributed by atoms with Gasteiger partial charge in [-0.05, 0) is 37.7 Å². The monoisotopic (exact) mass is 263 g/mol. The van der Waals surface area contributed by atoms with Crippen LogP contribution in [0.2, 0.25) is 0 Å². The average Bonchev–Trinajstić information content (AvgIpc) is 2.42. The second-order valence-electron chi connectivity index (χ2n) is 5.27. The molecule has 0 N–H and O–H groups in total. The van der Waals surface area contributed by atoms with Crippen LogP contribution in [0.4, 0.5) is 8.78 Å². The van der Waals surface area contributed by atoms with E-state index in [0.717, 1.165) is 24.8 Å². The smallest absolute Gasteiger partial charge is 0.224 e. The molecule has 19 heavy (non-hydrogen) atoms. The Morgan fingerprint density at radius 3 is 2.63 bits per heavy atom. The van der Waals surface area contributed by atoms with Gasteiger partial charge in [-0.15, -0.1) is 0 Å². The quantitative estimate of drug-likeness (QED) is 0.572. The van der Waals surface area contributed by atoms with Gasteiger partial charge in [0, 0.05) is 17.7 Å². The summed E-state index contributed by atoms with van der Waals surface area (Å²) in [5.74, 6) is 5.33. The van der Waals surface area contributed by atoms with E-state index in [0.29, 0.717) is 11.5 Å². The van der Waals surface area contributed by atoms with Gasteiger partial charge in [0.15, 0.2) is 5.82 Å². The molecule has 1 aliphatic rings. The largest absolute Gasteiger partial charge is 0.248 e. The van der Waals surface area contributed by atoms with Crippen LogP contribution in [0.3, 0.4) is 0 Å². The number of hydrogen-bond donors (Lipinski definition) is 0. The summed E-state index contributed by atoms with van der Waals surface area (Å²) < 4.78 is 25.7. The third-order valence-electron chi connectivity index (χ3n) is 3.76. The molecule has 1 aromatic rings. The molecule has 1 aliphatic carbocycles. The highest BCUT2D eigenvalue weighted by Crippen LogP contribution is 2.31. The Labute approximate surface area is 113 Å². The zero-order valence-corrected chi connectivity index (χ0v) is 11.3. The molecule has 1 saturated carbocycles. The van der Waals surface area contributed by atoms with Crippen molar-refractivity contribution in [3.8, 4) is 11.8 Å². The molecule has 0 unspecified atom stereocenters. The van der Waals surface area contributed by atoms with Gasteiger partial charge in [-0.1, -0.05) is 31.6 Å². The van der Waals surface area contributed by atoms with Gasteiger partial charge in [0.2, 0.25) is 5.95 Å². The second kappa shape index (κ2) is 6.65. The summed E-state index contributed by atoms with van der Waals surface area (Å²) in [5, 5.41) is 0. The second-order valence-corrected chi connectivity index (χ2v) is 5.27. The molecule has 0 amide bonds. The lowest BCUT2D eigenvalue weighted by atomic mass is 9.80. The van der Waals surface area contributed by atoms with Crippen LogP contribution < -0.4 is 0 Å². The zero-order valence-electron chi connectivity index (χ0n) is 11.3. The van der Waals surface area contributed by atoms with Gasteiger partial charge >= 0.3 is 0 Å². The molecule has 1 aromatic heterocycles. The lowest BCUT2D eigenvalue weighted by Gasteiger charge is -2.25. The van der Waals surface area contributed by atoms with E-state index in [4.69, 9.17) is 0 Å². The van der Waals surface area contributed by atoms with Crippen LogP contribution in [0.1, 0.15) is 51.0 Å². The van der Waals surface area contributed by atoms with Gasteiger partial charge < -0.3 is 0 Å². The van der Waals surface area contributed by atoms with Gasteiger partial charge in [0.1, 0.15) is 0 Å². The first-order chi connectivity index (χ1) is 9.19. The molecule has 0 spiro atoms. The van der Waals surface area contributed by atoms with Crippen LogP contribution in [0.25, 0.3) is 0 Å². The third kappa shape index (κ3) is 4.02. The number of pyridine rings is 1. The van der Waals surface area contributed by atoms with E-state index < -0.39 is 11.8 Å². The molecule has 0 radical (unpaired) electrons. The Bertz CT molecular complexity index is 479. The van der Waals surface area contributed by atoms with Gasteiger partial charge in [0.25, 0.3) is 0 Å². The highest BCUT2D eigenvalue weighted by molar-refractivity contribution is 5.32. The standard InChI is InChI=1S/C16H19F2N/c1-2-3-12-4-6-13(7-5-12)8-9-14-10-15(17)16(18)19-11-14/h10-13H,2-7H2,1H3/t12-,13-. The fraction of sp³-hybridized carbons (Fsp3) is 0.562. The fourth-order valence-electron chi connectivity index (χ4n) is 2.68. The van der Waals surface area contributed by atoms with Gasteiger partial charge in [-0.3, -0.25) is 0 Å². The van der Waals surface area contributed by atoms with Crippen molar-refractivity contribution in [2.75, 3.05) is 0 Å². The number of hydrogen-bond acceptors (Lipinski definition) is 1. The van der Waals surface area contributed by atoms with Crippen LogP contribution >= 0.6 is 0 Å². The first kappa shape index (κ1) is 14.0. The molecular formula is C16H19F2N. The SMILES string of the molecule is CCC[C@H]1CC[C@H](C#Cc2cnc(F)c(F)c2)CC1. The maximum absolute atomic E-state index is 13.0. The van der Waals surface area contributed by atoms with Crippen molar-refractivity contribution in [2.24, 2.45) is 11.8 Å². The molecule has 1 nitrogen and oxygen atoms in total. The highest BCUT2D eigenvalue weighted by atomic mass is 19.2. The van der Waals surface area contributed by atoms with Crippen molar-refractivity contribution in [3.63, 3.8) is 0 Å². The van der Waals surface area contributed by atoms with Crippen LogP contribution in [0.5, 0.6) is 0 Å². The van der Waals surface area contributed by atoms with Crippen LogP contribution in [-0.4, -0.2) is 4.98 Å². The van der Waals surface area contributed by atoms with E-state index in [1.807, 2.05) is 0 Å². The normalized spacial score (nSPS) is 22.7. The van der Waals surface area contributed by atoms with Crippen molar-refractivity contribution in [2.45, 2.75) is 45.4 Å². The van der Waals surface area contributed by atoms with Crippen molar-refractivity contribution >= 4 is 0 Å². The van der Waals surface area contributed by atoms with Crippen LogP contribution in [0.15, 0.2) is 12.3 Å². The minimum absolute atomic E-state index is 0.390. The van der Waals surface area contributed by atoms with Crippen molar-refractivity contribution < 1.29 is 8.78 Å². The Morgan fingerprint density at radius 2 is 2.00 bits per heavy atom. The van der Waals surface area contributed by atoms with E-state index in [-0.39, 0.29) is 0 Å². The van der Waals surface area contributed by atoms with Crippen LogP contribution in [0, 0.1) is 35.4 Å². The summed E-state index contributed by atoms with van der Waals surface area (Å²) in [6.07, 6.45) is 8.57. The lowest BCUT2D eigenvalue weighted by molar-refractivity contribution is 0.300. The fourth-order valence-corrected chi connectivity index (χ4v) is 2.68. The topological polar surface area (TPSA) is 12.9 Å². The van der Waals surface area contributed by atoms with E-state index in [1.54, 1.807) is 0 Å². The minimum Gasteiger partial charge on any atom is -0.224 e. The predicted octanol–water partition coefficient (Wildman–Crippen LogP) is 4.32. The average molecular weight is 263 g/mol. The molecule has 1 fully saturated rings. The van der Waals surface area contributed by atoms with Crippen molar-refractivity contribution in [1.29, 1.82) is 0 Å². The molecule has 0 atom stereocenters. The van der Waals surface area contributed by atoms with Crippen molar-refractivity contribution in [1.82, 2.24) is 4.98 Å². The predicted molar refractivity (Wildman–Crippen MR) is 71.4 cm³/mol. The number of nitrogens with zero attached hydrogens (tertiary/aromatic N) is 1. The Morgan fingerprint density at radius 1 is 1.26 bits per heavy atom. The summed E-state index contributed by atoms with van der Waals surface area (Å²) in [4.78, 5) is 3.33. The summed E-state index contributed by atoms with van der Waals surface area (Å²) in [7, 11) is 0. The first-order valence-electron chi connectivity index (χ1n) is 7.01. The third-order valence-corrected chi connectivity index (χ3v) is 3.76. The van der Waals surface area contributed by atoms with E-state index in [9.17, 15) is 8.78 Å². The molecule has 0 aromatic carbocycles. The minimum atomic E-state index is -1.06. The van der Waals surface area contributed by atoms with Gasteiger partial charge in [-0.2, -0.15) is 4.39 Å². The molecule has 0 saturated heterocycles. The maximum Gasteiger partial charge on any atom is 0.248 e. The first-order valence-corrected chi connectivity index (χ1v) is 7.01. The van der Waals surface area contributed by atoms with E-state index in [1.165, 1.54) is 31.9 Å². The number of rotatable bonds is 2. The maximum atomic E-state index is 13.0. The summed E-state index contributed by atoms with van der Waals surface area (Å²) in [6, 6.07) is 1.11. The molecule has 2 rings (SSSR count). The van der Waals surface area contributed by atoms with E-state index >= 15 is 0 Å². The molecule has 0 aliphatic heterocycles. The molecule has 3 heteroatoms. The Hall–Kier alpha value is -1.43. The van der Waals surface area contributed by atoms with Crippen molar-refractivity contribution in [3.05, 3.63) is 29.6 Å². The van der Waals surface area contributed by atoms with Gasteiger partial charge in [-0.25, -0.2) is 9.37 Å². The molecule has 102 valence electrons. The lowest BCUT2D eigenvalue weighted by Crippen LogP contribution is -2.13.